The summed E-state index contributed by atoms with van der Waals surface area (Å²) in [5.41, 5.74) is 4.34. The molecule has 1 aromatic carbocycles. The van der Waals surface area contributed by atoms with E-state index in [0.717, 1.165) is 19.3 Å². The lowest BCUT2D eigenvalue weighted by Crippen LogP contribution is -2.27. The lowest BCUT2D eigenvalue weighted by atomic mass is 9.75. The Morgan fingerprint density at radius 1 is 1.14 bits per heavy atom. The predicted octanol–water partition coefficient (Wildman–Crippen LogP) is 4.34. The Bertz CT molecular complexity index is 534. The Balaban J connectivity index is 2.08. The highest BCUT2D eigenvalue weighted by Gasteiger charge is 2.33. The van der Waals surface area contributed by atoms with Gasteiger partial charge in [0.2, 0.25) is 0 Å². The van der Waals surface area contributed by atoms with Crippen LogP contribution in [0.2, 0.25) is 19.6 Å². The van der Waals surface area contributed by atoms with Crippen LogP contribution in [0.4, 0.5) is 0 Å². The molecule has 0 spiro atoms. The van der Waals surface area contributed by atoms with E-state index in [1.807, 2.05) is 18.2 Å². The van der Waals surface area contributed by atoms with Gasteiger partial charge in [0.15, 0.2) is 0 Å². The molecule has 1 aliphatic rings. The van der Waals surface area contributed by atoms with Crippen LogP contribution in [0.5, 0.6) is 0 Å². The maximum Gasteiger partial charge on any atom is 0.323 e. The highest BCUT2D eigenvalue weighted by atomic mass is 28.3. The van der Waals surface area contributed by atoms with Gasteiger partial charge in [0.25, 0.3) is 0 Å². The van der Waals surface area contributed by atoms with E-state index in [9.17, 15) is 4.79 Å². The van der Waals surface area contributed by atoms with Gasteiger partial charge in [0.05, 0.1) is 5.92 Å². The van der Waals surface area contributed by atoms with E-state index in [0.29, 0.717) is 0 Å². The molecule has 2 rings (SSSR count). The Labute approximate surface area is 128 Å². The van der Waals surface area contributed by atoms with E-state index < -0.39 is 8.07 Å². The van der Waals surface area contributed by atoms with Gasteiger partial charge in [-0.05, 0) is 24.3 Å². The molecule has 0 N–H and O–H groups in total. The van der Waals surface area contributed by atoms with Gasteiger partial charge in [-0.3, -0.25) is 4.79 Å². The van der Waals surface area contributed by atoms with Crippen molar-refractivity contribution in [2.75, 3.05) is 0 Å². The summed E-state index contributed by atoms with van der Waals surface area (Å²) in [5.74, 6) is 0.0903. The van der Waals surface area contributed by atoms with Crippen molar-refractivity contribution in [3.05, 3.63) is 35.9 Å². The average Bonchev–Trinajstić information content (AvgIpc) is 2.47. The maximum absolute atomic E-state index is 12.4. The fourth-order valence-corrected chi connectivity index (χ4v) is 3.17. The smallest absolute Gasteiger partial charge is 0.323 e. The van der Waals surface area contributed by atoms with Gasteiger partial charge in [0, 0.05) is 0 Å². The normalized spacial score (nSPS) is 22.0. The third-order valence-electron chi connectivity index (χ3n) is 3.87. The van der Waals surface area contributed by atoms with Crippen molar-refractivity contribution in [2.24, 2.45) is 5.92 Å². The maximum atomic E-state index is 12.4. The highest BCUT2D eigenvalue weighted by Crippen LogP contribution is 2.38. The Morgan fingerprint density at radius 2 is 1.81 bits per heavy atom. The summed E-state index contributed by atoms with van der Waals surface area (Å²) >= 11 is 0. The Morgan fingerprint density at radius 3 is 2.48 bits per heavy atom. The largest absolute Gasteiger partial charge is 0.373 e. The van der Waals surface area contributed by atoms with Crippen LogP contribution in [0.1, 0.15) is 37.2 Å². The van der Waals surface area contributed by atoms with Crippen LogP contribution in [0.15, 0.2) is 30.3 Å². The van der Waals surface area contributed by atoms with Crippen LogP contribution >= 0.6 is 0 Å². The fourth-order valence-electron chi connectivity index (χ4n) is 2.82. The number of ether oxygens (including phenoxy) is 1. The molecule has 0 heterocycles. The van der Waals surface area contributed by atoms with Gasteiger partial charge in [-0.15, -0.1) is 0 Å². The van der Waals surface area contributed by atoms with E-state index in [-0.39, 0.29) is 17.8 Å². The molecule has 0 aliphatic heterocycles. The van der Waals surface area contributed by atoms with Crippen molar-refractivity contribution >= 4 is 14.0 Å². The van der Waals surface area contributed by atoms with Crippen LogP contribution in [-0.2, 0) is 9.53 Å². The molecular weight excluding hydrogens is 276 g/mol. The van der Waals surface area contributed by atoms with E-state index in [2.05, 4.69) is 43.4 Å². The number of esters is 1. The average molecular weight is 300 g/mol. The van der Waals surface area contributed by atoms with Crippen LogP contribution in [-0.4, -0.2) is 14.0 Å². The minimum absolute atomic E-state index is 0.0444. The topological polar surface area (TPSA) is 26.3 Å². The molecule has 21 heavy (non-hydrogen) atoms. The second-order valence-electron chi connectivity index (χ2n) is 6.81. The monoisotopic (exact) mass is 300 g/mol. The van der Waals surface area contributed by atoms with Crippen molar-refractivity contribution in [1.29, 1.82) is 0 Å². The Hall–Kier alpha value is -1.53. The first-order valence-electron chi connectivity index (χ1n) is 7.75. The van der Waals surface area contributed by atoms with Crippen LogP contribution < -0.4 is 0 Å². The van der Waals surface area contributed by atoms with E-state index in [1.54, 1.807) is 0 Å². The zero-order chi connectivity index (χ0) is 15.3. The van der Waals surface area contributed by atoms with Gasteiger partial charge in [-0.2, -0.15) is 0 Å². The zero-order valence-corrected chi connectivity index (χ0v) is 14.2. The molecule has 0 saturated heterocycles. The number of carbonyl (C=O) groups is 1. The highest BCUT2D eigenvalue weighted by molar-refractivity contribution is 6.83. The first-order chi connectivity index (χ1) is 9.97. The summed E-state index contributed by atoms with van der Waals surface area (Å²) in [6.07, 6.45) is 6.91. The second-order valence-corrected chi connectivity index (χ2v) is 11.6. The molecule has 0 radical (unpaired) electrons. The molecule has 1 aromatic rings. The quantitative estimate of drug-likeness (QED) is 0.461. The van der Waals surface area contributed by atoms with Crippen molar-refractivity contribution in [2.45, 2.75) is 51.2 Å². The van der Waals surface area contributed by atoms with Crippen LogP contribution in [0, 0.1) is 17.6 Å². The number of hydrogen-bond acceptors (Lipinski definition) is 2. The molecule has 0 aromatic heterocycles. The molecule has 0 unspecified atom stereocenters. The van der Waals surface area contributed by atoms with Crippen molar-refractivity contribution in [1.82, 2.24) is 0 Å². The summed E-state index contributed by atoms with van der Waals surface area (Å²) in [4.78, 5) is 12.4. The number of carbonyl (C=O) groups excluding carboxylic acids is 1. The van der Waals surface area contributed by atoms with E-state index in [1.165, 1.54) is 12.0 Å². The van der Waals surface area contributed by atoms with Gasteiger partial charge >= 0.3 is 5.97 Å². The summed E-state index contributed by atoms with van der Waals surface area (Å²) in [5, 5.41) is 0. The standard InChI is InChI=1S/C18H24O2Si/c1-21(2,3)14-13-20-18(19)17-12-8-7-11-16(17)15-9-5-4-6-10-15/h4-6,9-10,16-17H,7-8,11-12H2,1-3H3/t16-,17+/m1/s1. The van der Waals surface area contributed by atoms with E-state index in [4.69, 9.17) is 4.74 Å². The summed E-state index contributed by atoms with van der Waals surface area (Å²) in [6, 6.07) is 10.3. The Kier molecular flexibility index (Phi) is 5.25. The summed E-state index contributed by atoms with van der Waals surface area (Å²) in [6.45, 7) is 6.42. The summed E-state index contributed by atoms with van der Waals surface area (Å²) < 4.78 is 5.24. The minimum Gasteiger partial charge on any atom is -0.373 e. The van der Waals surface area contributed by atoms with Crippen molar-refractivity contribution in [3.8, 4) is 11.7 Å². The number of hydrogen-bond donors (Lipinski definition) is 0. The molecule has 0 amide bonds. The summed E-state index contributed by atoms with van der Waals surface area (Å²) in [7, 11) is -1.49. The van der Waals surface area contributed by atoms with Gasteiger partial charge in [-0.25, -0.2) is 0 Å². The van der Waals surface area contributed by atoms with Gasteiger partial charge < -0.3 is 4.74 Å². The molecule has 3 heteroatoms. The molecule has 2 nitrogen and oxygen atoms in total. The first-order valence-corrected chi connectivity index (χ1v) is 11.3. The molecule has 2 atom stereocenters. The molecule has 1 aliphatic carbocycles. The van der Waals surface area contributed by atoms with Gasteiger partial charge in [-0.1, -0.05) is 68.4 Å². The SMILES string of the molecule is C[Si](C)(C)C#COC(=O)[C@H]1CCCC[C@@H]1c1ccccc1. The predicted molar refractivity (Wildman–Crippen MR) is 88.4 cm³/mol. The first kappa shape index (κ1) is 15.8. The van der Waals surface area contributed by atoms with Gasteiger partial charge in [0.1, 0.15) is 14.2 Å². The fraction of sp³-hybridized carbons (Fsp3) is 0.500. The molecule has 112 valence electrons. The number of rotatable bonds is 2. The lowest BCUT2D eigenvalue weighted by molar-refractivity contribution is -0.143. The van der Waals surface area contributed by atoms with Crippen molar-refractivity contribution < 1.29 is 9.53 Å². The second kappa shape index (κ2) is 6.95. The minimum atomic E-state index is -1.49. The molecule has 0 bridgehead atoms. The van der Waals surface area contributed by atoms with Crippen LogP contribution in [0.3, 0.4) is 0 Å². The third-order valence-corrected chi connectivity index (χ3v) is 4.73. The number of benzene rings is 1. The van der Waals surface area contributed by atoms with E-state index >= 15 is 0 Å². The zero-order valence-electron chi connectivity index (χ0n) is 13.2. The lowest BCUT2D eigenvalue weighted by Gasteiger charge is -2.29. The molecular formula is C18H24O2Si. The molecule has 1 fully saturated rings. The van der Waals surface area contributed by atoms with Crippen LogP contribution in [0.25, 0.3) is 0 Å². The molecule has 1 saturated carbocycles. The van der Waals surface area contributed by atoms with Crippen molar-refractivity contribution in [3.63, 3.8) is 0 Å². The third kappa shape index (κ3) is 4.75.